The summed E-state index contributed by atoms with van der Waals surface area (Å²) in [5.41, 5.74) is -6.52. The van der Waals surface area contributed by atoms with Gasteiger partial charge in [-0.2, -0.15) is 0 Å². The SMILES string of the molecule is Fc1cc2cc(C3c4c(F)c(F)c(F)c(F)c4-c4c(F)c(F)c(F)c(F)c43)cc(F)c2c(F)c1F. The Bertz CT molecular complexity index is 1550. The molecule has 0 saturated carbocycles. The highest BCUT2D eigenvalue weighted by molar-refractivity contribution is 5.87. The lowest BCUT2D eigenvalue weighted by molar-refractivity contribution is 0.406. The van der Waals surface area contributed by atoms with E-state index in [1.54, 1.807) is 0 Å². The van der Waals surface area contributed by atoms with E-state index < -0.39 is 114 Å². The summed E-state index contributed by atoms with van der Waals surface area (Å²) in [7, 11) is 0. The van der Waals surface area contributed by atoms with Crippen molar-refractivity contribution in [1.82, 2.24) is 0 Å². The van der Waals surface area contributed by atoms with Crippen LogP contribution in [0.15, 0.2) is 18.2 Å². The monoisotopic (exact) mass is 508 g/mol. The molecule has 4 aromatic rings. The standard InChI is InChI=1S/C23H4F12/c24-6-2-5(1-4-3-7(25)14(26)15(27)8(4)6)9-10-12(18(30)22(34)20(32)16(10)28)13-11(9)17(29)21(33)23(35)19(13)31/h1-3,9H. The van der Waals surface area contributed by atoms with E-state index in [-0.39, 0.29) is 12.1 Å². The van der Waals surface area contributed by atoms with Crippen molar-refractivity contribution in [3.8, 4) is 11.1 Å². The van der Waals surface area contributed by atoms with Gasteiger partial charge in [0.05, 0.1) is 5.39 Å². The first kappa shape index (κ1) is 23.1. The van der Waals surface area contributed by atoms with E-state index in [1.165, 1.54) is 0 Å². The van der Waals surface area contributed by atoms with Gasteiger partial charge < -0.3 is 0 Å². The zero-order valence-electron chi connectivity index (χ0n) is 16.3. The van der Waals surface area contributed by atoms with E-state index in [4.69, 9.17) is 0 Å². The molecule has 0 amide bonds. The number of hydrogen-bond acceptors (Lipinski definition) is 0. The second-order valence-corrected chi connectivity index (χ2v) is 7.61. The predicted molar refractivity (Wildman–Crippen MR) is 96.3 cm³/mol. The maximum atomic E-state index is 14.8. The molecule has 0 radical (unpaired) electrons. The molecular formula is C23H4F12. The third-order valence-corrected chi connectivity index (χ3v) is 5.81. The van der Waals surface area contributed by atoms with Gasteiger partial charge in [-0.15, -0.1) is 0 Å². The fourth-order valence-corrected chi connectivity index (χ4v) is 4.38. The molecule has 0 heterocycles. The second kappa shape index (κ2) is 7.40. The molecule has 35 heavy (non-hydrogen) atoms. The molecule has 0 unspecified atom stereocenters. The summed E-state index contributed by atoms with van der Waals surface area (Å²) in [6.07, 6.45) is 0. The van der Waals surface area contributed by atoms with Crippen LogP contribution >= 0.6 is 0 Å². The molecule has 4 aromatic carbocycles. The molecule has 5 rings (SSSR count). The van der Waals surface area contributed by atoms with Gasteiger partial charge in [-0.1, -0.05) is 0 Å². The summed E-state index contributed by atoms with van der Waals surface area (Å²) in [6.45, 7) is 0. The summed E-state index contributed by atoms with van der Waals surface area (Å²) >= 11 is 0. The molecule has 0 N–H and O–H groups in total. The van der Waals surface area contributed by atoms with Crippen molar-refractivity contribution in [2.45, 2.75) is 5.92 Å². The van der Waals surface area contributed by atoms with Crippen molar-refractivity contribution >= 4 is 10.8 Å². The summed E-state index contributed by atoms with van der Waals surface area (Å²) in [5.74, 6) is -28.8. The van der Waals surface area contributed by atoms with Gasteiger partial charge in [-0.3, -0.25) is 0 Å². The van der Waals surface area contributed by atoms with E-state index in [0.29, 0.717) is 6.07 Å². The minimum absolute atomic E-state index is 0.279. The lowest BCUT2D eigenvalue weighted by Gasteiger charge is -2.18. The van der Waals surface area contributed by atoms with Crippen LogP contribution < -0.4 is 0 Å². The highest BCUT2D eigenvalue weighted by atomic mass is 19.2. The molecule has 0 atom stereocenters. The molecule has 0 spiro atoms. The van der Waals surface area contributed by atoms with Crippen molar-refractivity contribution in [3.05, 3.63) is 105 Å². The fraction of sp³-hybridized carbons (Fsp3) is 0.0435. The van der Waals surface area contributed by atoms with Crippen LogP contribution in [-0.2, 0) is 0 Å². The highest BCUT2D eigenvalue weighted by Gasteiger charge is 2.45. The van der Waals surface area contributed by atoms with Crippen molar-refractivity contribution in [3.63, 3.8) is 0 Å². The summed E-state index contributed by atoms with van der Waals surface area (Å²) in [4.78, 5) is 0. The molecular weight excluding hydrogens is 504 g/mol. The number of benzene rings is 4. The number of fused-ring (bicyclic) bond motifs is 4. The van der Waals surface area contributed by atoms with E-state index in [0.717, 1.165) is 0 Å². The maximum Gasteiger partial charge on any atom is 0.198 e. The molecule has 0 saturated heterocycles. The van der Waals surface area contributed by atoms with Crippen LogP contribution in [0.2, 0.25) is 0 Å². The molecule has 0 aromatic heterocycles. The fourth-order valence-electron chi connectivity index (χ4n) is 4.38. The van der Waals surface area contributed by atoms with Gasteiger partial charge in [0.2, 0.25) is 0 Å². The Labute approximate surface area is 186 Å². The van der Waals surface area contributed by atoms with Crippen molar-refractivity contribution in [1.29, 1.82) is 0 Å². The van der Waals surface area contributed by atoms with Gasteiger partial charge in [0.15, 0.2) is 64.0 Å². The minimum atomic E-state index is -2.48. The average Bonchev–Trinajstić information content (AvgIpc) is 3.18. The Kier molecular flexibility index (Phi) is 4.87. The smallest absolute Gasteiger partial charge is 0.198 e. The average molecular weight is 508 g/mol. The van der Waals surface area contributed by atoms with E-state index in [1.807, 2.05) is 0 Å². The highest BCUT2D eigenvalue weighted by Crippen LogP contribution is 2.54. The summed E-state index contributed by atoms with van der Waals surface area (Å²) in [5, 5.41) is -1.88. The number of hydrogen-bond donors (Lipinski definition) is 0. The lowest BCUT2D eigenvalue weighted by atomic mass is 9.87. The van der Waals surface area contributed by atoms with Crippen LogP contribution in [0.1, 0.15) is 22.6 Å². The van der Waals surface area contributed by atoms with Crippen LogP contribution in [0, 0.1) is 69.8 Å². The first-order valence-corrected chi connectivity index (χ1v) is 9.37. The van der Waals surface area contributed by atoms with Crippen molar-refractivity contribution in [2.75, 3.05) is 0 Å². The van der Waals surface area contributed by atoms with Gasteiger partial charge in [0.1, 0.15) is 5.82 Å². The third-order valence-electron chi connectivity index (χ3n) is 5.81. The van der Waals surface area contributed by atoms with E-state index >= 15 is 0 Å². The Morgan fingerprint density at radius 3 is 1.34 bits per heavy atom. The van der Waals surface area contributed by atoms with Gasteiger partial charge in [0.25, 0.3) is 0 Å². The quantitative estimate of drug-likeness (QED) is 0.124. The second-order valence-electron chi connectivity index (χ2n) is 7.61. The van der Waals surface area contributed by atoms with Crippen LogP contribution in [0.5, 0.6) is 0 Å². The maximum absolute atomic E-state index is 14.8. The molecule has 12 heteroatoms. The van der Waals surface area contributed by atoms with Crippen LogP contribution in [-0.4, -0.2) is 0 Å². The Hall–Kier alpha value is -3.70. The molecule has 0 nitrogen and oxygen atoms in total. The Morgan fingerprint density at radius 1 is 0.400 bits per heavy atom. The summed E-state index contributed by atoms with van der Waals surface area (Å²) in [6, 6.07) is 1.16. The molecule has 1 aliphatic rings. The van der Waals surface area contributed by atoms with E-state index in [2.05, 4.69) is 0 Å². The topological polar surface area (TPSA) is 0 Å². The minimum Gasteiger partial charge on any atom is -0.206 e. The third kappa shape index (κ3) is 2.85. The predicted octanol–water partition coefficient (Wildman–Crippen LogP) is 7.67. The van der Waals surface area contributed by atoms with Gasteiger partial charge >= 0.3 is 0 Å². The van der Waals surface area contributed by atoms with E-state index in [9.17, 15) is 52.7 Å². The van der Waals surface area contributed by atoms with Crippen LogP contribution in [0.3, 0.4) is 0 Å². The van der Waals surface area contributed by atoms with Gasteiger partial charge in [0, 0.05) is 28.2 Å². The van der Waals surface area contributed by atoms with Crippen molar-refractivity contribution in [2.24, 2.45) is 0 Å². The van der Waals surface area contributed by atoms with Gasteiger partial charge in [-0.05, 0) is 29.1 Å². The normalized spacial score (nSPS) is 13.0. The lowest BCUT2D eigenvalue weighted by Crippen LogP contribution is -2.09. The zero-order chi connectivity index (χ0) is 25.7. The van der Waals surface area contributed by atoms with Crippen molar-refractivity contribution < 1.29 is 52.7 Å². The number of rotatable bonds is 1. The molecule has 0 bridgehead atoms. The first-order chi connectivity index (χ1) is 16.4. The largest absolute Gasteiger partial charge is 0.206 e. The molecule has 0 fully saturated rings. The first-order valence-electron chi connectivity index (χ1n) is 9.37. The molecule has 0 aliphatic heterocycles. The Morgan fingerprint density at radius 2 is 0.857 bits per heavy atom. The van der Waals surface area contributed by atoms with Crippen LogP contribution in [0.25, 0.3) is 21.9 Å². The zero-order valence-corrected chi connectivity index (χ0v) is 16.3. The summed E-state index contributed by atoms with van der Waals surface area (Å²) < 4.78 is 171. The van der Waals surface area contributed by atoms with Gasteiger partial charge in [-0.25, -0.2) is 52.7 Å². The Balaban J connectivity index is 1.97. The molecule has 180 valence electrons. The number of halogens is 12. The van der Waals surface area contributed by atoms with Crippen LogP contribution in [0.4, 0.5) is 52.7 Å². The molecule has 1 aliphatic carbocycles.